The number of nitrogen functional groups attached to an aromatic ring is 3. The Bertz CT molecular complexity index is 2530. The highest BCUT2D eigenvalue weighted by atomic mass is 31.2. The molecule has 8 N–H and O–H groups in total. The number of hydrogen-bond acceptors (Lipinski definition) is 15. The molecule has 6 aromatic rings. The number of nitrogens with two attached hydrogens (primary N) is 3. The van der Waals surface area contributed by atoms with Crippen LogP contribution >= 0.6 is 15.2 Å². The van der Waals surface area contributed by atoms with Gasteiger partial charge in [0.05, 0.1) is 60.8 Å². The van der Waals surface area contributed by atoms with Gasteiger partial charge in [-0.2, -0.15) is 0 Å². The van der Waals surface area contributed by atoms with Crippen LogP contribution in [0.5, 0.6) is 0 Å². The fraction of sp³-hybridized carbons (Fsp3) is 0.227. The fourth-order valence-electron chi connectivity index (χ4n) is 5.48. The summed E-state index contributed by atoms with van der Waals surface area (Å²) < 4.78 is 46.1. The highest BCUT2D eigenvalue weighted by Crippen LogP contribution is 2.47. The van der Waals surface area contributed by atoms with Crippen LogP contribution in [0.15, 0.2) is 109 Å². The van der Waals surface area contributed by atoms with Crippen molar-refractivity contribution in [3.8, 4) is 22.5 Å². The van der Waals surface area contributed by atoms with E-state index in [1.807, 2.05) is 62.4 Å². The number of hydrogen-bond donors (Lipinski definition) is 5. The minimum Gasteiger partial charge on any atom is -0.476 e. The van der Waals surface area contributed by atoms with E-state index in [2.05, 4.69) is 25.3 Å². The number of aromatic carboxylic acids is 1. The number of aromatic nitrogens is 4. The first-order valence-electron chi connectivity index (χ1n) is 19.7. The van der Waals surface area contributed by atoms with Gasteiger partial charge in [0, 0.05) is 22.5 Å². The monoisotopic (exact) mass is 898 g/mol. The van der Waals surface area contributed by atoms with E-state index < -0.39 is 27.1 Å². The standard InChI is InChI=1S/C22H25N4O4P.C12H11N3O2.C10H16NO3P/c1-4-29-31(28,30-5-2)18-12-10-17(11-13-18)25-22(27)20-21(23)24-14-19(26-20)16-8-6-15(3)7-9-16;1-7-2-4-8(5-3-7)9-6-14-11(13)10(15-9)12(16)17;1-3-13-15(12,14-4-2)10-7-5-9(11)6-8-10/h6-14H,4-5H2,1-3H3,(H2,23,24)(H,25,27);2-6H,1H3,(H2,13,14)(H,16,17);5-8H,3-4,11H2,1-2H3. The molecule has 0 aliphatic heterocycles. The van der Waals surface area contributed by atoms with Crippen molar-refractivity contribution >= 4 is 60.7 Å². The van der Waals surface area contributed by atoms with E-state index in [4.69, 9.17) is 40.4 Å². The second kappa shape index (κ2) is 23.2. The second-order valence-electron chi connectivity index (χ2n) is 13.3. The van der Waals surface area contributed by atoms with Crippen LogP contribution in [0.2, 0.25) is 0 Å². The molecule has 0 radical (unpaired) electrons. The smallest absolute Gasteiger partial charge is 0.361 e. The topological polar surface area (TPSA) is 267 Å². The van der Waals surface area contributed by atoms with Crippen molar-refractivity contribution in [2.24, 2.45) is 0 Å². The SMILES string of the molecule is CCOP(=O)(OCC)c1ccc(N)cc1.CCOP(=O)(OCC)c1ccc(NC(=O)c2nc(-c3ccc(C)cc3)cnc2N)cc1.Cc1ccc(-c2cnc(N)c(C(=O)O)n2)cc1. The normalized spacial score (nSPS) is 11.1. The zero-order chi connectivity index (χ0) is 46.2. The van der Waals surface area contributed by atoms with Gasteiger partial charge in [-0.05, 0) is 90.1 Å². The van der Waals surface area contributed by atoms with Crippen molar-refractivity contribution in [1.82, 2.24) is 19.9 Å². The summed E-state index contributed by atoms with van der Waals surface area (Å²) in [6.45, 7) is 12.2. The zero-order valence-electron chi connectivity index (χ0n) is 35.8. The number of aryl methyl sites for hydroxylation is 2. The molecule has 0 atom stereocenters. The van der Waals surface area contributed by atoms with Crippen molar-refractivity contribution < 1.29 is 41.9 Å². The Morgan fingerprint density at radius 1 is 0.571 bits per heavy atom. The highest BCUT2D eigenvalue weighted by molar-refractivity contribution is 7.62. The van der Waals surface area contributed by atoms with E-state index in [0.29, 0.717) is 46.6 Å². The number of nitrogens with one attached hydrogen (secondary N) is 1. The summed E-state index contributed by atoms with van der Waals surface area (Å²) in [5.74, 6) is -1.72. The molecule has 4 aromatic carbocycles. The molecular weight excluding hydrogens is 846 g/mol. The quantitative estimate of drug-likeness (QED) is 0.0481. The molecular formula is C44H52N8O9P2. The lowest BCUT2D eigenvalue weighted by Gasteiger charge is -2.17. The Kier molecular flexibility index (Phi) is 18.2. The Balaban J connectivity index is 0.000000229. The Morgan fingerprint density at radius 3 is 1.32 bits per heavy atom. The molecule has 19 heteroatoms. The summed E-state index contributed by atoms with van der Waals surface area (Å²) in [4.78, 5) is 40.0. The molecule has 2 heterocycles. The first kappa shape index (κ1) is 49.3. The molecule has 0 fully saturated rings. The van der Waals surface area contributed by atoms with Gasteiger partial charge < -0.3 is 45.7 Å². The lowest BCUT2D eigenvalue weighted by Crippen LogP contribution is -2.18. The molecule has 0 bridgehead atoms. The van der Waals surface area contributed by atoms with Crippen molar-refractivity contribution in [2.75, 3.05) is 48.9 Å². The highest BCUT2D eigenvalue weighted by Gasteiger charge is 2.27. The maximum Gasteiger partial charge on any atom is 0.361 e. The predicted octanol–water partition coefficient (Wildman–Crippen LogP) is 8.07. The van der Waals surface area contributed by atoms with Crippen molar-refractivity contribution in [1.29, 1.82) is 0 Å². The molecule has 0 saturated carbocycles. The number of carboxylic acid groups (broad SMARTS) is 1. The average Bonchev–Trinajstić information content (AvgIpc) is 3.26. The molecule has 17 nitrogen and oxygen atoms in total. The van der Waals surface area contributed by atoms with Crippen LogP contribution in [0.4, 0.5) is 23.0 Å². The number of rotatable bonds is 15. The van der Waals surface area contributed by atoms with Gasteiger partial charge in [-0.15, -0.1) is 0 Å². The van der Waals surface area contributed by atoms with Crippen LogP contribution in [0, 0.1) is 13.8 Å². The van der Waals surface area contributed by atoms with Crippen LogP contribution in [0.1, 0.15) is 59.8 Å². The van der Waals surface area contributed by atoms with Crippen molar-refractivity contribution in [2.45, 2.75) is 41.5 Å². The average molecular weight is 899 g/mol. The minimum atomic E-state index is -3.39. The lowest BCUT2D eigenvalue weighted by molar-refractivity contribution is 0.0691. The molecule has 1 amide bonds. The number of amides is 1. The van der Waals surface area contributed by atoms with Crippen LogP contribution in [0.25, 0.3) is 22.5 Å². The van der Waals surface area contributed by atoms with Crippen LogP contribution < -0.4 is 33.1 Å². The van der Waals surface area contributed by atoms with E-state index in [0.717, 1.165) is 22.3 Å². The van der Waals surface area contributed by atoms with Crippen LogP contribution in [0.3, 0.4) is 0 Å². The number of carboxylic acids is 1. The van der Waals surface area contributed by atoms with E-state index in [-0.39, 0.29) is 36.2 Å². The number of nitrogens with zero attached hydrogens (tertiary/aromatic N) is 4. The molecule has 0 spiro atoms. The van der Waals surface area contributed by atoms with Gasteiger partial charge in [-0.25, -0.2) is 24.7 Å². The Hall–Kier alpha value is -6.32. The van der Waals surface area contributed by atoms with Crippen molar-refractivity contribution in [3.05, 3.63) is 132 Å². The number of benzene rings is 4. The van der Waals surface area contributed by atoms with Gasteiger partial charge in [0.2, 0.25) is 0 Å². The van der Waals surface area contributed by atoms with E-state index >= 15 is 0 Å². The minimum absolute atomic E-state index is 0.0245. The van der Waals surface area contributed by atoms with Gasteiger partial charge in [-0.1, -0.05) is 59.7 Å². The fourth-order valence-corrected chi connectivity index (χ4v) is 8.61. The summed E-state index contributed by atoms with van der Waals surface area (Å²) in [5, 5.41) is 12.6. The van der Waals surface area contributed by atoms with Gasteiger partial charge in [-0.3, -0.25) is 13.9 Å². The molecule has 2 aromatic heterocycles. The van der Waals surface area contributed by atoms with Crippen molar-refractivity contribution in [3.63, 3.8) is 0 Å². The first-order valence-corrected chi connectivity index (χ1v) is 22.8. The largest absolute Gasteiger partial charge is 0.476 e. The van der Waals surface area contributed by atoms with Gasteiger partial charge in [0.15, 0.2) is 23.0 Å². The summed E-state index contributed by atoms with van der Waals surface area (Å²) in [5.41, 5.74) is 22.7. The maximum absolute atomic E-state index is 12.8. The molecule has 0 aliphatic carbocycles. The number of anilines is 4. The summed E-state index contributed by atoms with van der Waals surface area (Å²) >= 11 is 0. The maximum atomic E-state index is 12.8. The Morgan fingerprint density at radius 2 is 0.937 bits per heavy atom. The van der Waals surface area contributed by atoms with Gasteiger partial charge in [0.1, 0.15) is 0 Å². The molecule has 332 valence electrons. The van der Waals surface area contributed by atoms with Crippen LogP contribution in [-0.4, -0.2) is 63.3 Å². The van der Waals surface area contributed by atoms with Gasteiger partial charge in [0.25, 0.3) is 5.91 Å². The zero-order valence-corrected chi connectivity index (χ0v) is 37.6. The Labute approximate surface area is 366 Å². The second-order valence-corrected chi connectivity index (χ2v) is 17.3. The van der Waals surface area contributed by atoms with E-state index in [1.165, 1.54) is 12.4 Å². The van der Waals surface area contributed by atoms with Crippen LogP contribution in [-0.2, 0) is 27.2 Å². The molecule has 0 saturated heterocycles. The molecule has 0 unspecified atom stereocenters. The third kappa shape index (κ3) is 13.8. The number of carbonyl (C=O) groups excluding carboxylic acids is 1. The molecule has 0 aliphatic rings. The third-order valence-electron chi connectivity index (χ3n) is 8.56. The number of carbonyl (C=O) groups is 2. The van der Waals surface area contributed by atoms with E-state index in [1.54, 1.807) is 76.2 Å². The lowest BCUT2D eigenvalue weighted by atomic mass is 10.1. The molecule has 63 heavy (non-hydrogen) atoms. The summed E-state index contributed by atoms with van der Waals surface area (Å²) in [6.07, 6.45) is 3.00. The first-order chi connectivity index (χ1) is 30.1. The van der Waals surface area contributed by atoms with Gasteiger partial charge >= 0.3 is 21.2 Å². The summed E-state index contributed by atoms with van der Waals surface area (Å²) in [7, 11) is -6.54. The molecule has 6 rings (SSSR count). The third-order valence-corrected chi connectivity index (χ3v) is 12.8. The van der Waals surface area contributed by atoms with E-state index in [9.17, 15) is 18.7 Å². The predicted molar refractivity (Wildman–Crippen MR) is 246 cm³/mol. The summed E-state index contributed by atoms with van der Waals surface area (Å²) in [6, 6.07) is 28.4.